The Hall–Kier alpha value is -0.295. The molecule has 86 valence electrons. The van der Waals surface area contributed by atoms with Gasteiger partial charge in [-0.3, -0.25) is 0 Å². The van der Waals surface area contributed by atoms with E-state index in [1.54, 1.807) is 0 Å². The average molecular weight is 258 g/mol. The highest BCUT2D eigenvalue weighted by molar-refractivity contribution is 8.65. The highest BCUT2D eigenvalue weighted by atomic mass is 33.1. The van der Waals surface area contributed by atoms with E-state index < -0.39 is 7.25 Å². The summed E-state index contributed by atoms with van der Waals surface area (Å²) in [7, 11) is -2.66. The van der Waals surface area contributed by atoms with Crippen LogP contribution in [0.1, 0.15) is 5.56 Å². The van der Waals surface area contributed by atoms with Crippen molar-refractivity contribution in [3.8, 4) is 0 Å². The molecule has 0 atom stereocenters. The van der Waals surface area contributed by atoms with Gasteiger partial charge in [-0.1, -0.05) is 30.3 Å². The predicted molar refractivity (Wildman–Crippen MR) is 62.6 cm³/mol. The summed E-state index contributed by atoms with van der Waals surface area (Å²) < 4.78 is 39.0. The summed E-state index contributed by atoms with van der Waals surface area (Å²) in [5.41, 5.74) is 1.42. The van der Waals surface area contributed by atoms with Crippen LogP contribution in [0.15, 0.2) is 30.3 Å². The first-order valence-corrected chi connectivity index (χ1v) is 6.99. The maximum atomic E-state index is 9.75. The second-order valence-corrected chi connectivity index (χ2v) is 5.22. The van der Waals surface area contributed by atoms with E-state index in [-0.39, 0.29) is 0 Å². The molecule has 0 amide bonds. The Balaban J connectivity index is 0.000000336. The van der Waals surface area contributed by atoms with Gasteiger partial charge in [-0.05, 0) is 5.56 Å². The average Bonchev–Trinajstić information content (AvgIpc) is 2.14. The fraction of sp³-hybridized carbons (Fsp3) is 0.250. The molecule has 0 N–H and O–H groups in total. The first-order chi connectivity index (χ1) is 6.93. The van der Waals surface area contributed by atoms with E-state index >= 15 is 0 Å². The van der Waals surface area contributed by atoms with Crippen LogP contribution in [0.5, 0.6) is 0 Å². The van der Waals surface area contributed by atoms with Gasteiger partial charge < -0.3 is 17.3 Å². The van der Waals surface area contributed by atoms with Crippen molar-refractivity contribution in [2.75, 3.05) is 6.26 Å². The number of hydrogen-bond acceptors (Lipinski definition) is 1. The summed E-state index contributed by atoms with van der Waals surface area (Å²) in [6, 6.07) is 10.6. The lowest BCUT2D eigenvalue weighted by molar-refractivity contribution is 0.368. The molecule has 7 heteroatoms. The molecule has 1 rings (SSSR count). The molecule has 0 spiro atoms. The highest BCUT2D eigenvalue weighted by Gasteiger charge is 2.20. The number of thiol groups is 1. The maximum absolute atomic E-state index is 9.75. The zero-order valence-corrected chi connectivity index (χ0v) is 9.75. The van der Waals surface area contributed by atoms with Crippen molar-refractivity contribution < 1.29 is 17.3 Å². The van der Waals surface area contributed by atoms with Crippen molar-refractivity contribution in [2.45, 2.75) is 5.75 Å². The first kappa shape index (κ1) is 14.7. The van der Waals surface area contributed by atoms with Crippen LogP contribution >= 0.6 is 10.8 Å². The van der Waals surface area contributed by atoms with E-state index in [9.17, 15) is 17.3 Å². The molecule has 0 saturated carbocycles. The summed E-state index contributed by atoms with van der Waals surface area (Å²) in [5.74, 6) is 1.14. The van der Waals surface area contributed by atoms with Crippen molar-refractivity contribution in [1.82, 2.24) is 0 Å². The third-order valence-electron chi connectivity index (χ3n) is 1.20. The van der Waals surface area contributed by atoms with Gasteiger partial charge in [0, 0.05) is 10.8 Å². The minimum absolute atomic E-state index is 1.14. The fourth-order valence-electron chi connectivity index (χ4n) is 0.713. The second kappa shape index (κ2) is 7.93. The predicted octanol–water partition coefficient (Wildman–Crippen LogP) is 3.58. The van der Waals surface area contributed by atoms with Gasteiger partial charge in [0.2, 0.25) is 0 Å². The van der Waals surface area contributed by atoms with Gasteiger partial charge >= 0.3 is 7.25 Å². The second-order valence-electron chi connectivity index (χ2n) is 2.44. The van der Waals surface area contributed by atoms with Crippen LogP contribution in [0.3, 0.4) is 0 Å². The van der Waals surface area contributed by atoms with Crippen LogP contribution in [0, 0.1) is 0 Å². The van der Waals surface area contributed by atoms with Crippen molar-refractivity contribution in [3.63, 3.8) is 0 Å². The molecule has 0 heterocycles. The quantitative estimate of drug-likeness (QED) is 0.262. The number of halogens is 4. The molecule has 0 radical (unpaired) electrons. The van der Waals surface area contributed by atoms with Gasteiger partial charge in [0.1, 0.15) is 6.26 Å². The van der Waals surface area contributed by atoms with Gasteiger partial charge in [0.15, 0.2) is 0 Å². The largest absolute Gasteiger partial charge is 0.673 e. The van der Waals surface area contributed by atoms with Gasteiger partial charge in [0.05, 0.1) is 16.5 Å². The Morgan fingerprint density at radius 3 is 2.00 bits per heavy atom. The third-order valence-corrected chi connectivity index (χ3v) is 3.09. The van der Waals surface area contributed by atoms with Crippen molar-refractivity contribution in [2.24, 2.45) is 0 Å². The molecule has 1 aromatic rings. The molecule has 15 heavy (non-hydrogen) atoms. The van der Waals surface area contributed by atoms with E-state index in [0.29, 0.717) is 0 Å². The lowest BCUT2D eigenvalue weighted by atomic mass is 10.2. The molecule has 0 unspecified atom stereocenters. The molecule has 0 saturated heterocycles. The minimum Gasteiger partial charge on any atom is -0.418 e. The molecule has 0 aliphatic rings. The lowest BCUT2D eigenvalue weighted by Crippen LogP contribution is -2.02. The van der Waals surface area contributed by atoms with E-state index in [1.165, 1.54) is 16.4 Å². The summed E-state index contributed by atoms with van der Waals surface area (Å²) in [5, 5.41) is 0. The van der Waals surface area contributed by atoms with Crippen molar-refractivity contribution >= 4 is 28.8 Å². The Bertz CT molecular complexity index is 247. The monoisotopic (exact) mass is 258 g/mol. The smallest absolute Gasteiger partial charge is 0.418 e. The van der Waals surface area contributed by atoms with Crippen LogP contribution in [0.2, 0.25) is 0 Å². The van der Waals surface area contributed by atoms with Crippen LogP contribution in [0.25, 0.3) is 0 Å². The molecule has 0 nitrogen and oxygen atoms in total. The van der Waals surface area contributed by atoms with Crippen LogP contribution in [-0.4, -0.2) is 13.5 Å². The third kappa shape index (κ3) is 13.7. The molecule has 0 aromatic heterocycles. The summed E-state index contributed by atoms with van der Waals surface area (Å²) in [4.78, 5) is 0. The highest BCUT2D eigenvalue weighted by Crippen LogP contribution is 2.11. The standard InChI is InChI=1S/C8H10S2.BF4/c1-9-10-7-8-5-3-2-4-6-8;2-1(3,4)5/h2-6H,7H2,1H3;/q;-1/p+1. The van der Waals surface area contributed by atoms with Gasteiger partial charge in [-0.25, -0.2) is 0 Å². The Morgan fingerprint density at radius 1 is 1.13 bits per heavy atom. The van der Waals surface area contributed by atoms with E-state index in [0.717, 1.165) is 5.75 Å². The van der Waals surface area contributed by atoms with Gasteiger partial charge in [-0.15, -0.1) is 0 Å². The minimum atomic E-state index is -6.00. The lowest BCUT2D eigenvalue weighted by Gasteiger charge is -1.94. The summed E-state index contributed by atoms with van der Waals surface area (Å²) >= 11 is 0. The molecule has 1 aromatic carbocycles. The van der Waals surface area contributed by atoms with Crippen molar-refractivity contribution in [3.05, 3.63) is 35.9 Å². The fourth-order valence-corrected chi connectivity index (χ4v) is 2.02. The molecular formula is C8H11BF4S2. The van der Waals surface area contributed by atoms with Crippen LogP contribution < -0.4 is 0 Å². The van der Waals surface area contributed by atoms with E-state index in [1.807, 2.05) is 10.8 Å². The van der Waals surface area contributed by atoms with E-state index in [4.69, 9.17) is 0 Å². The Kier molecular flexibility index (Phi) is 7.77. The first-order valence-electron chi connectivity index (χ1n) is 4.06. The van der Waals surface area contributed by atoms with Gasteiger partial charge in [-0.2, -0.15) is 0 Å². The number of hydrogen-bond donors (Lipinski definition) is 0. The maximum Gasteiger partial charge on any atom is 0.673 e. The topological polar surface area (TPSA) is 0 Å². The number of rotatable bonds is 3. The SMILES string of the molecule is C[SH+]SCc1ccccc1.F[B-](F)(F)F. The van der Waals surface area contributed by atoms with Crippen LogP contribution in [-0.2, 0) is 16.5 Å². The molecule has 0 fully saturated rings. The Morgan fingerprint density at radius 2 is 1.60 bits per heavy atom. The van der Waals surface area contributed by atoms with Crippen LogP contribution in [0.4, 0.5) is 17.3 Å². The zero-order chi connectivity index (χ0) is 11.7. The number of benzene rings is 1. The molecule has 0 aliphatic carbocycles. The van der Waals surface area contributed by atoms with E-state index in [2.05, 4.69) is 36.6 Å². The van der Waals surface area contributed by atoms with Crippen molar-refractivity contribution in [1.29, 1.82) is 0 Å². The molecular weight excluding hydrogens is 247 g/mol. The Labute approximate surface area is 94.3 Å². The zero-order valence-electron chi connectivity index (χ0n) is 8.04. The molecule has 0 bridgehead atoms. The molecule has 0 aliphatic heterocycles. The summed E-state index contributed by atoms with van der Waals surface area (Å²) in [6.07, 6.45) is 2.16. The normalized spacial score (nSPS) is 10.5. The van der Waals surface area contributed by atoms with Gasteiger partial charge in [0.25, 0.3) is 0 Å². The summed E-state index contributed by atoms with van der Waals surface area (Å²) in [6.45, 7) is 0.